The summed E-state index contributed by atoms with van der Waals surface area (Å²) in [5.74, 6) is 0.365. The van der Waals surface area contributed by atoms with Crippen molar-refractivity contribution in [3.8, 4) is 5.75 Å². The number of hydrogen-bond donors (Lipinski definition) is 2. The van der Waals surface area contributed by atoms with Gasteiger partial charge in [-0.3, -0.25) is 9.59 Å². The van der Waals surface area contributed by atoms with Crippen molar-refractivity contribution in [3.05, 3.63) is 18.2 Å². The van der Waals surface area contributed by atoms with E-state index in [1.807, 2.05) is 0 Å². The van der Waals surface area contributed by atoms with Gasteiger partial charge in [0, 0.05) is 12.1 Å². The molecule has 1 atom stereocenters. The molecule has 0 spiro atoms. The van der Waals surface area contributed by atoms with E-state index in [0.717, 1.165) is 0 Å². The molecule has 2 rings (SSSR count). The summed E-state index contributed by atoms with van der Waals surface area (Å²) < 4.78 is 5.41. The summed E-state index contributed by atoms with van der Waals surface area (Å²) in [6.45, 7) is 3.46. The first-order valence-corrected chi connectivity index (χ1v) is 5.51. The SMILES string of the molecule is CCC(=O)Nc1ccc2c(c1)NC(=O)[C@H](C)O2. The number of benzene rings is 1. The van der Waals surface area contributed by atoms with Crippen LogP contribution in [0.25, 0.3) is 0 Å². The number of hydrogen-bond acceptors (Lipinski definition) is 3. The van der Waals surface area contributed by atoms with E-state index in [1.54, 1.807) is 32.0 Å². The van der Waals surface area contributed by atoms with E-state index in [2.05, 4.69) is 10.6 Å². The monoisotopic (exact) mass is 234 g/mol. The number of fused-ring (bicyclic) bond motifs is 1. The fourth-order valence-electron chi connectivity index (χ4n) is 1.54. The Labute approximate surface area is 99.2 Å². The van der Waals surface area contributed by atoms with E-state index < -0.39 is 6.10 Å². The Morgan fingerprint density at radius 2 is 2.29 bits per heavy atom. The van der Waals surface area contributed by atoms with Crippen LogP contribution in [-0.4, -0.2) is 17.9 Å². The molecule has 0 unspecified atom stereocenters. The van der Waals surface area contributed by atoms with E-state index in [-0.39, 0.29) is 11.8 Å². The first-order valence-electron chi connectivity index (χ1n) is 5.51. The summed E-state index contributed by atoms with van der Waals surface area (Å²) in [6.07, 6.45) is -0.0738. The van der Waals surface area contributed by atoms with Crippen LogP contribution in [0, 0.1) is 0 Å². The maximum atomic E-state index is 11.4. The molecule has 0 fully saturated rings. The molecule has 0 bridgehead atoms. The number of amides is 2. The highest BCUT2D eigenvalue weighted by atomic mass is 16.5. The predicted molar refractivity (Wildman–Crippen MR) is 64.1 cm³/mol. The Bertz CT molecular complexity index is 471. The minimum Gasteiger partial charge on any atom is -0.479 e. The fraction of sp³-hybridized carbons (Fsp3) is 0.333. The van der Waals surface area contributed by atoms with Crippen LogP contribution in [0.1, 0.15) is 20.3 Å². The Morgan fingerprint density at radius 1 is 1.53 bits per heavy atom. The van der Waals surface area contributed by atoms with Gasteiger partial charge in [0.05, 0.1) is 5.69 Å². The molecule has 5 heteroatoms. The molecule has 1 aromatic rings. The third-order valence-electron chi connectivity index (χ3n) is 2.52. The van der Waals surface area contributed by atoms with Crippen molar-refractivity contribution in [1.29, 1.82) is 0 Å². The minimum absolute atomic E-state index is 0.0682. The zero-order chi connectivity index (χ0) is 12.4. The maximum Gasteiger partial charge on any atom is 0.265 e. The van der Waals surface area contributed by atoms with Gasteiger partial charge in [0.1, 0.15) is 5.75 Å². The van der Waals surface area contributed by atoms with Crippen molar-refractivity contribution in [2.45, 2.75) is 26.4 Å². The maximum absolute atomic E-state index is 11.4. The summed E-state index contributed by atoms with van der Waals surface area (Å²) in [6, 6.07) is 5.17. The van der Waals surface area contributed by atoms with Crippen LogP contribution < -0.4 is 15.4 Å². The molecule has 1 aliphatic rings. The molecule has 0 radical (unpaired) electrons. The summed E-state index contributed by atoms with van der Waals surface area (Å²) in [5.41, 5.74) is 1.23. The quantitative estimate of drug-likeness (QED) is 0.819. The van der Waals surface area contributed by atoms with E-state index >= 15 is 0 Å². The van der Waals surface area contributed by atoms with Gasteiger partial charge in [0.25, 0.3) is 5.91 Å². The van der Waals surface area contributed by atoms with Gasteiger partial charge in [0.15, 0.2) is 6.10 Å². The Hall–Kier alpha value is -2.04. The lowest BCUT2D eigenvalue weighted by Crippen LogP contribution is -2.34. The summed E-state index contributed by atoms with van der Waals surface area (Å²) in [7, 11) is 0. The molecular formula is C12H14N2O3. The van der Waals surface area contributed by atoms with Gasteiger partial charge in [-0.2, -0.15) is 0 Å². The normalized spacial score (nSPS) is 17.8. The summed E-state index contributed by atoms with van der Waals surface area (Å²) >= 11 is 0. The van der Waals surface area contributed by atoms with Crippen LogP contribution in [0.15, 0.2) is 18.2 Å². The number of carbonyl (C=O) groups excluding carboxylic acids is 2. The van der Waals surface area contributed by atoms with Gasteiger partial charge in [-0.15, -0.1) is 0 Å². The van der Waals surface area contributed by atoms with Gasteiger partial charge in [-0.1, -0.05) is 6.92 Å². The van der Waals surface area contributed by atoms with Crippen molar-refractivity contribution in [2.75, 3.05) is 10.6 Å². The number of carbonyl (C=O) groups is 2. The average molecular weight is 234 g/mol. The van der Waals surface area contributed by atoms with Crippen LogP contribution >= 0.6 is 0 Å². The van der Waals surface area contributed by atoms with Crippen LogP contribution in [0.2, 0.25) is 0 Å². The first kappa shape index (κ1) is 11.4. The van der Waals surface area contributed by atoms with Gasteiger partial charge < -0.3 is 15.4 Å². The Kier molecular flexibility index (Phi) is 2.99. The van der Waals surface area contributed by atoms with Crippen molar-refractivity contribution >= 4 is 23.2 Å². The third kappa shape index (κ3) is 2.38. The standard InChI is InChI=1S/C12H14N2O3/c1-3-11(15)13-8-4-5-10-9(6-8)14-12(16)7(2)17-10/h4-7H,3H2,1-2H3,(H,13,15)(H,14,16)/t7-/m0/s1. The molecule has 2 N–H and O–H groups in total. The van der Waals surface area contributed by atoms with Crippen molar-refractivity contribution in [1.82, 2.24) is 0 Å². The molecule has 2 amide bonds. The highest BCUT2D eigenvalue weighted by Gasteiger charge is 2.23. The van der Waals surface area contributed by atoms with Gasteiger partial charge in [-0.25, -0.2) is 0 Å². The van der Waals surface area contributed by atoms with E-state index in [4.69, 9.17) is 4.74 Å². The van der Waals surface area contributed by atoms with Gasteiger partial charge in [-0.05, 0) is 25.1 Å². The van der Waals surface area contributed by atoms with Gasteiger partial charge in [0.2, 0.25) is 5.91 Å². The van der Waals surface area contributed by atoms with Crippen LogP contribution in [0.5, 0.6) is 5.75 Å². The fourth-order valence-corrected chi connectivity index (χ4v) is 1.54. The van der Waals surface area contributed by atoms with Gasteiger partial charge >= 0.3 is 0 Å². The zero-order valence-corrected chi connectivity index (χ0v) is 9.74. The molecule has 90 valence electrons. The van der Waals surface area contributed by atoms with Crippen molar-refractivity contribution < 1.29 is 14.3 Å². The van der Waals surface area contributed by atoms with E-state index in [9.17, 15) is 9.59 Å². The second kappa shape index (κ2) is 4.45. The molecule has 5 nitrogen and oxygen atoms in total. The highest BCUT2D eigenvalue weighted by Crippen LogP contribution is 2.32. The molecule has 0 aromatic heterocycles. The van der Waals surface area contributed by atoms with Crippen LogP contribution in [-0.2, 0) is 9.59 Å². The number of ether oxygens (including phenoxy) is 1. The second-order valence-corrected chi connectivity index (χ2v) is 3.86. The largest absolute Gasteiger partial charge is 0.479 e. The number of nitrogens with one attached hydrogen (secondary N) is 2. The van der Waals surface area contributed by atoms with Crippen molar-refractivity contribution in [3.63, 3.8) is 0 Å². The smallest absolute Gasteiger partial charge is 0.265 e. The third-order valence-corrected chi connectivity index (χ3v) is 2.52. The van der Waals surface area contributed by atoms with Crippen molar-refractivity contribution in [2.24, 2.45) is 0 Å². The molecule has 1 aromatic carbocycles. The molecule has 0 aliphatic carbocycles. The van der Waals surface area contributed by atoms with E-state index in [0.29, 0.717) is 23.5 Å². The van der Waals surface area contributed by atoms with E-state index in [1.165, 1.54) is 0 Å². The van der Waals surface area contributed by atoms with Crippen LogP contribution in [0.3, 0.4) is 0 Å². The molecular weight excluding hydrogens is 220 g/mol. The summed E-state index contributed by atoms with van der Waals surface area (Å²) in [5, 5.41) is 5.45. The molecule has 0 saturated heterocycles. The second-order valence-electron chi connectivity index (χ2n) is 3.86. The Morgan fingerprint density at radius 3 is 3.00 bits per heavy atom. The first-order chi connectivity index (χ1) is 8.10. The molecule has 17 heavy (non-hydrogen) atoms. The minimum atomic E-state index is -0.487. The molecule has 1 aliphatic heterocycles. The number of anilines is 2. The lowest BCUT2D eigenvalue weighted by molar-refractivity contribution is -0.122. The summed E-state index contributed by atoms with van der Waals surface area (Å²) in [4.78, 5) is 22.7. The zero-order valence-electron chi connectivity index (χ0n) is 9.74. The number of rotatable bonds is 2. The van der Waals surface area contributed by atoms with Crippen LogP contribution in [0.4, 0.5) is 11.4 Å². The lowest BCUT2D eigenvalue weighted by atomic mass is 10.2. The predicted octanol–water partition coefficient (Wildman–Crippen LogP) is 1.75. The average Bonchev–Trinajstić information content (AvgIpc) is 2.31. The molecule has 1 heterocycles. The topological polar surface area (TPSA) is 67.4 Å². The molecule has 0 saturated carbocycles. The lowest BCUT2D eigenvalue weighted by Gasteiger charge is -2.23. The highest BCUT2D eigenvalue weighted by molar-refractivity contribution is 5.99. The Balaban J connectivity index is 2.22.